The van der Waals surface area contributed by atoms with E-state index in [1.54, 1.807) is 61.4 Å². The Morgan fingerprint density at radius 2 is 1.03 bits per heavy atom. The first-order chi connectivity index (χ1) is 16.8. The van der Waals surface area contributed by atoms with Gasteiger partial charge < -0.3 is 31.1 Å². The molecule has 0 rings (SSSR count). The van der Waals surface area contributed by atoms with Crippen LogP contribution in [0.5, 0.6) is 0 Å². The van der Waals surface area contributed by atoms with E-state index < -0.39 is 48.0 Å². The van der Waals surface area contributed by atoms with Crippen LogP contribution in [0.1, 0.15) is 53.4 Å². The van der Waals surface area contributed by atoms with E-state index in [9.17, 15) is 29.4 Å². The fourth-order valence-corrected chi connectivity index (χ4v) is 4.85. The number of rotatable bonds is 19. The quantitative estimate of drug-likeness (QED) is 0.0798. The average Bonchev–Trinajstić information content (AvgIpc) is 2.76. The third-order valence-electron chi connectivity index (χ3n) is 4.82. The number of hydrogen-bond donors (Lipinski definition) is 6. The van der Waals surface area contributed by atoms with Crippen LogP contribution in [-0.4, -0.2) is 80.0 Å². The van der Waals surface area contributed by atoms with Gasteiger partial charge in [-0.2, -0.15) is 0 Å². The lowest BCUT2D eigenvalue weighted by Gasteiger charge is -2.18. The summed E-state index contributed by atoms with van der Waals surface area (Å²) >= 11 is 0. The molecule has 4 atom stereocenters. The van der Waals surface area contributed by atoms with Gasteiger partial charge in [-0.25, -0.2) is 9.59 Å². The van der Waals surface area contributed by atoms with E-state index in [0.29, 0.717) is 12.8 Å². The molecule has 0 heterocycles. The van der Waals surface area contributed by atoms with E-state index in [4.69, 9.17) is 10.2 Å². The summed E-state index contributed by atoms with van der Waals surface area (Å²) in [6, 6.07) is -1.97. The molecule has 0 saturated carbocycles. The number of aliphatic carboxylic acids is 2. The van der Waals surface area contributed by atoms with Crippen LogP contribution in [0.25, 0.3) is 0 Å². The van der Waals surface area contributed by atoms with Gasteiger partial charge in [0.25, 0.3) is 0 Å². The highest BCUT2D eigenvalue weighted by atomic mass is 33.1. The Bertz CT molecular complexity index is 696. The van der Waals surface area contributed by atoms with Crippen LogP contribution >= 0.6 is 21.6 Å². The van der Waals surface area contributed by atoms with Crippen LogP contribution in [0.15, 0.2) is 24.3 Å². The Hall–Kier alpha value is -2.02. The fraction of sp³-hybridized carbons (Fsp3) is 0.667. The first kappa shape index (κ1) is 34.0. The van der Waals surface area contributed by atoms with Crippen molar-refractivity contribution in [1.29, 1.82) is 0 Å². The number of carboxylic acid groups (broad SMARTS) is 2. The smallest absolute Gasteiger partial charge is 0.326 e. The zero-order valence-electron chi connectivity index (χ0n) is 21.3. The van der Waals surface area contributed by atoms with E-state index in [1.165, 1.54) is 12.2 Å². The van der Waals surface area contributed by atoms with E-state index in [-0.39, 0.29) is 24.7 Å². The van der Waals surface area contributed by atoms with Crippen LogP contribution in [-0.2, 0) is 19.2 Å². The number of carbonyl (C=O) groups excluding carboxylic acids is 2. The van der Waals surface area contributed by atoms with Crippen molar-refractivity contribution in [3.63, 3.8) is 0 Å². The first-order valence-electron chi connectivity index (χ1n) is 11.8. The van der Waals surface area contributed by atoms with Gasteiger partial charge in [-0.1, -0.05) is 73.6 Å². The summed E-state index contributed by atoms with van der Waals surface area (Å²) in [5, 5.41) is 42.8. The second kappa shape index (κ2) is 19.1. The molecule has 4 unspecified atom stereocenters. The minimum Gasteiger partial charge on any atom is -0.480 e. The summed E-state index contributed by atoms with van der Waals surface area (Å²) in [6.07, 6.45) is 5.61. The number of aliphatic hydroxyl groups excluding tert-OH is 2. The molecule has 0 aliphatic heterocycles. The molecule has 2 amide bonds. The van der Waals surface area contributed by atoms with Gasteiger partial charge >= 0.3 is 11.9 Å². The van der Waals surface area contributed by atoms with Crippen LogP contribution in [0, 0.1) is 11.8 Å². The second-order valence-electron chi connectivity index (χ2n) is 8.88. The van der Waals surface area contributed by atoms with Gasteiger partial charge in [0, 0.05) is 11.5 Å². The lowest BCUT2D eigenvalue weighted by atomic mass is 10.0. The predicted molar refractivity (Wildman–Crippen MR) is 142 cm³/mol. The van der Waals surface area contributed by atoms with Crippen LogP contribution in [0.3, 0.4) is 0 Å². The van der Waals surface area contributed by atoms with Crippen molar-refractivity contribution in [2.24, 2.45) is 11.8 Å². The maximum Gasteiger partial charge on any atom is 0.326 e. The number of nitrogens with one attached hydrogen (secondary N) is 2. The van der Waals surface area contributed by atoms with Gasteiger partial charge in [0.1, 0.15) is 12.1 Å². The van der Waals surface area contributed by atoms with Crippen molar-refractivity contribution >= 4 is 45.3 Å². The molecule has 0 saturated heterocycles. The molecule has 0 aromatic rings. The molecule has 0 aromatic heterocycles. The molecule has 0 aromatic carbocycles. The Morgan fingerprint density at radius 1 is 0.694 bits per heavy atom. The molecule has 206 valence electrons. The third kappa shape index (κ3) is 16.6. The lowest BCUT2D eigenvalue weighted by Crippen LogP contribution is -2.45. The fourth-order valence-electron chi connectivity index (χ4n) is 2.86. The highest BCUT2D eigenvalue weighted by molar-refractivity contribution is 8.76. The molecule has 0 radical (unpaired) electrons. The topological polar surface area (TPSA) is 173 Å². The van der Waals surface area contributed by atoms with Gasteiger partial charge in [-0.15, -0.1) is 0 Å². The predicted octanol–water partition coefficient (Wildman–Crippen LogP) is 2.21. The molecular formula is C24H40N2O8S2. The van der Waals surface area contributed by atoms with E-state index in [2.05, 4.69) is 10.6 Å². The van der Waals surface area contributed by atoms with Crippen molar-refractivity contribution < 1.29 is 39.6 Å². The van der Waals surface area contributed by atoms with Crippen molar-refractivity contribution in [2.45, 2.75) is 77.7 Å². The number of amides is 2. The molecule has 12 heteroatoms. The summed E-state index contributed by atoms with van der Waals surface area (Å²) in [4.78, 5) is 46.0. The molecule has 0 spiro atoms. The van der Waals surface area contributed by atoms with Crippen LogP contribution in [0.4, 0.5) is 0 Å². The number of allylic oxidation sites excluding steroid dienone is 2. The monoisotopic (exact) mass is 548 g/mol. The van der Waals surface area contributed by atoms with E-state index in [1.807, 2.05) is 0 Å². The molecule has 0 aliphatic rings. The molecule has 10 nitrogen and oxygen atoms in total. The highest BCUT2D eigenvalue weighted by Crippen LogP contribution is 2.23. The molecule has 36 heavy (non-hydrogen) atoms. The standard InChI is InChI=1S/C24H40N2O8S2/c1-15(2)21(23(31)32)25-19(29)13-17(27)9-5-7-11-35-36-12-8-6-10-18(28)14-20(30)26-22(16(3)4)24(33)34/h5-6,9-10,15-18,21-22,27-28H,7-8,11-14H2,1-4H3,(H,25,29)(H,26,30)(H,31,32)(H,33,34)/b9-5+,10-6+. The Labute approximate surface area is 220 Å². The zero-order valence-corrected chi connectivity index (χ0v) is 22.9. The molecular weight excluding hydrogens is 508 g/mol. The summed E-state index contributed by atoms with van der Waals surface area (Å²) < 4.78 is 0. The highest BCUT2D eigenvalue weighted by Gasteiger charge is 2.24. The summed E-state index contributed by atoms with van der Waals surface area (Å²) in [7, 11) is 3.28. The summed E-state index contributed by atoms with van der Waals surface area (Å²) in [6.45, 7) is 6.78. The van der Waals surface area contributed by atoms with Crippen molar-refractivity contribution in [2.75, 3.05) is 11.5 Å². The molecule has 0 bridgehead atoms. The average molecular weight is 549 g/mol. The Kier molecular flexibility index (Phi) is 18.1. The number of carboxylic acids is 2. The minimum atomic E-state index is -1.11. The first-order valence-corrected chi connectivity index (χ1v) is 14.3. The number of hydrogen-bond acceptors (Lipinski definition) is 8. The van der Waals surface area contributed by atoms with Gasteiger partial charge in [0.2, 0.25) is 11.8 Å². The number of aliphatic hydroxyl groups is 2. The molecule has 0 aliphatic carbocycles. The van der Waals surface area contributed by atoms with Gasteiger partial charge in [-0.05, 0) is 24.7 Å². The van der Waals surface area contributed by atoms with Crippen molar-refractivity contribution in [3.8, 4) is 0 Å². The minimum absolute atomic E-state index is 0.202. The molecule has 6 N–H and O–H groups in total. The van der Waals surface area contributed by atoms with Gasteiger partial charge in [-0.3, -0.25) is 9.59 Å². The van der Waals surface area contributed by atoms with Crippen LogP contribution < -0.4 is 10.6 Å². The lowest BCUT2D eigenvalue weighted by molar-refractivity contribution is -0.143. The second-order valence-corrected chi connectivity index (χ2v) is 11.6. The Balaban J connectivity index is 3.99. The Morgan fingerprint density at radius 3 is 1.31 bits per heavy atom. The third-order valence-corrected chi connectivity index (χ3v) is 7.29. The maximum absolute atomic E-state index is 11.9. The van der Waals surface area contributed by atoms with Gasteiger partial charge in [0.15, 0.2) is 0 Å². The normalized spacial score (nSPS) is 15.2. The summed E-state index contributed by atoms with van der Waals surface area (Å²) in [5.41, 5.74) is 0. The maximum atomic E-state index is 11.9. The number of carbonyl (C=O) groups is 4. The SMILES string of the molecule is CC(C)C(NC(=O)CC(O)/C=C/CCSSCC/C=C/C(O)CC(=O)NC(C(=O)O)C(C)C)C(=O)O. The van der Waals surface area contributed by atoms with Gasteiger partial charge in [0.05, 0.1) is 25.0 Å². The largest absolute Gasteiger partial charge is 0.480 e. The zero-order chi connectivity index (χ0) is 27.7. The van der Waals surface area contributed by atoms with Crippen LogP contribution in [0.2, 0.25) is 0 Å². The molecule has 0 fully saturated rings. The van der Waals surface area contributed by atoms with E-state index in [0.717, 1.165) is 11.5 Å². The van der Waals surface area contributed by atoms with Crippen molar-refractivity contribution in [1.82, 2.24) is 10.6 Å². The van der Waals surface area contributed by atoms with E-state index >= 15 is 0 Å². The summed E-state index contributed by atoms with van der Waals surface area (Å²) in [5.74, 6) is -2.18. The van der Waals surface area contributed by atoms with Crippen molar-refractivity contribution in [3.05, 3.63) is 24.3 Å².